The third-order valence-electron chi connectivity index (χ3n) is 0.0456. The average Bonchev–Trinajstić information content (AvgIpc) is 1.37. The molecule has 0 saturated heterocycles. The molecule has 3 heteroatoms. The lowest BCUT2D eigenvalue weighted by Gasteiger charge is -1.32. The van der Waals surface area contributed by atoms with E-state index in [1.165, 1.54) is 6.01 Å². The molecule has 0 rings (SSSR count). The Hall–Kier alpha value is -0.820. The molecule has 4 heavy (non-hydrogen) atoms. The minimum absolute atomic E-state index is 1.25. The highest BCUT2D eigenvalue weighted by atomic mass is 16.4. The molecular formula is CHN2O. The molecule has 21 valence electrons. The van der Waals surface area contributed by atoms with Gasteiger partial charge in [-0.05, 0) is 0 Å². The van der Waals surface area contributed by atoms with Gasteiger partial charge in [0.05, 0.1) is 0 Å². The number of nitrogens with one attached hydrogen (secondary N) is 1. The van der Waals surface area contributed by atoms with Crippen LogP contribution in [0.2, 0.25) is 0 Å². The lowest BCUT2D eigenvalue weighted by atomic mass is 11.6. The van der Waals surface area contributed by atoms with Crippen LogP contribution < -0.4 is 0 Å². The monoisotopic (exact) mass is 57.0 g/mol. The van der Waals surface area contributed by atoms with Crippen LogP contribution in [0.3, 0.4) is 0 Å². The quantitative estimate of drug-likeness (QED) is 0.302. The Morgan fingerprint density at radius 2 is 2.25 bits per heavy atom. The summed E-state index contributed by atoms with van der Waals surface area (Å²) in [5.74, 6) is 0. The summed E-state index contributed by atoms with van der Waals surface area (Å²) in [5.41, 5.74) is 0. The predicted molar refractivity (Wildman–Crippen MR) is 10.8 cm³/mol. The lowest BCUT2D eigenvalue weighted by Crippen LogP contribution is -1.34. The molecule has 0 atom stereocenters. The van der Waals surface area contributed by atoms with Crippen molar-refractivity contribution in [1.29, 1.82) is 5.41 Å². The first kappa shape index (κ1) is 3.18. The van der Waals surface area contributed by atoms with Gasteiger partial charge >= 0.3 is 0 Å². The molecule has 0 aliphatic carbocycles. The Balaban J connectivity index is 3.11. The molecule has 0 aromatic heterocycles. The minimum Gasteiger partial charge on any atom is -0.238 e. The number of hydrogen-bond acceptors (Lipinski definition) is 2. The summed E-state index contributed by atoms with van der Waals surface area (Å²) in [4.78, 5) is 0. The van der Waals surface area contributed by atoms with Gasteiger partial charge in [0.15, 0.2) is 0 Å². The van der Waals surface area contributed by atoms with Gasteiger partial charge in [-0.2, -0.15) is 0 Å². The zero-order valence-electron chi connectivity index (χ0n) is 1.86. The van der Waals surface area contributed by atoms with Crippen molar-refractivity contribution in [2.45, 2.75) is 0 Å². The van der Waals surface area contributed by atoms with Crippen molar-refractivity contribution >= 4 is 6.01 Å². The highest BCUT2D eigenvalue weighted by molar-refractivity contribution is 5.33. The van der Waals surface area contributed by atoms with Crippen molar-refractivity contribution in [2.75, 3.05) is 0 Å². The van der Waals surface area contributed by atoms with Crippen molar-refractivity contribution in [2.24, 2.45) is 5.16 Å². The van der Waals surface area contributed by atoms with E-state index in [-0.39, 0.29) is 0 Å². The summed E-state index contributed by atoms with van der Waals surface area (Å²) in [7, 11) is 0. The van der Waals surface area contributed by atoms with E-state index in [0.29, 0.717) is 0 Å². The summed E-state index contributed by atoms with van der Waals surface area (Å²) < 4.78 is 0. The normalized spacial score (nSPS) is 4.00. The van der Waals surface area contributed by atoms with Crippen molar-refractivity contribution in [3.8, 4) is 0 Å². The molecule has 0 heterocycles. The molecular weight excluding hydrogens is 56.0 g/mol. The minimum atomic E-state index is 1.25. The first-order valence-corrected chi connectivity index (χ1v) is 0.656. The molecule has 0 bridgehead atoms. The van der Waals surface area contributed by atoms with E-state index in [1.807, 2.05) is 5.16 Å². The maximum absolute atomic E-state index is 8.62. The van der Waals surface area contributed by atoms with Gasteiger partial charge in [-0.1, -0.05) is 0 Å². The van der Waals surface area contributed by atoms with Crippen molar-refractivity contribution in [3.63, 3.8) is 0 Å². The number of nitrogens with zero attached hydrogens (tertiary/aromatic N) is 1. The molecule has 0 aromatic rings. The van der Waals surface area contributed by atoms with Gasteiger partial charge in [-0.15, -0.1) is 5.21 Å². The molecule has 0 unspecified atom stereocenters. The van der Waals surface area contributed by atoms with Crippen LogP contribution in [-0.4, -0.2) is 6.01 Å². The third-order valence-corrected chi connectivity index (χ3v) is 0.0456. The van der Waals surface area contributed by atoms with Crippen LogP contribution in [0.25, 0.3) is 0 Å². The first-order valence-electron chi connectivity index (χ1n) is 0.656. The van der Waals surface area contributed by atoms with E-state index in [4.69, 9.17) is 10.6 Å². The van der Waals surface area contributed by atoms with E-state index in [9.17, 15) is 0 Å². The van der Waals surface area contributed by atoms with Crippen molar-refractivity contribution < 1.29 is 5.21 Å². The second-order valence-electron chi connectivity index (χ2n) is 0.203. The van der Waals surface area contributed by atoms with Crippen molar-refractivity contribution in [1.82, 2.24) is 0 Å². The molecule has 1 radical (unpaired) electrons. The van der Waals surface area contributed by atoms with Gasteiger partial charge in [0, 0.05) is 5.16 Å². The van der Waals surface area contributed by atoms with Crippen LogP contribution in [0.5, 0.6) is 0 Å². The van der Waals surface area contributed by atoms with Gasteiger partial charge in [0.1, 0.15) is 6.01 Å². The summed E-state index contributed by atoms with van der Waals surface area (Å²) in [6.07, 6.45) is 0. The Bertz CT molecular complexity index is 44.0. The second kappa shape index (κ2) is 2.18. The summed E-state index contributed by atoms with van der Waals surface area (Å²) in [6.45, 7) is 0. The van der Waals surface area contributed by atoms with E-state index in [1.54, 1.807) is 0 Å². The van der Waals surface area contributed by atoms with Crippen LogP contribution >= 0.6 is 0 Å². The largest absolute Gasteiger partial charge is 0.238 e. The van der Waals surface area contributed by atoms with E-state index in [2.05, 4.69) is 0 Å². The molecule has 3 nitrogen and oxygen atoms in total. The molecule has 0 aromatic carbocycles. The average molecular weight is 57.0 g/mol. The topological polar surface area (TPSA) is 56.1 Å². The first-order chi connectivity index (χ1) is 1.91. The summed E-state index contributed by atoms with van der Waals surface area (Å²) in [6, 6.07) is 1.25. The maximum Gasteiger partial charge on any atom is 0.137 e. The fourth-order valence-corrected chi connectivity index (χ4v) is 0. The van der Waals surface area contributed by atoms with Crippen LogP contribution in [0, 0.1) is 5.41 Å². The molecule has 0 aliphatic rings. The summed E-state index contributed by atoms with van der Waals surface area (Å²) >= 11 is 0. The zero-order chi connectivity index (χ0) is 3.41. The molecule has 0 fully saturated rings. The van der Waals surface area contributed by atoms with E-state index < -0.39 is 0 Å². The smallest absolute Gasteiger partial charge is 0.137 e. The Morgan fingerprint density at radius 3 is 2.25 bits per heavy atom. The third kappa shape index (κ3) is 1.18. The van der Waals surface area contributed by atoms with Crippen LogP contribution in [0.4, 0.5) is 0 Å². The number of rotatable bonds is 0. The molecule has 0 aliphatic heterocycles. The second-order valence-corrected chi connectivity index (χ2v) is 0.203. The molecule has 1 N–H and O–H groups in total. The van der Waals surface area contributed by atoms with Gasteiger partial charge < -0.3 is 0 Å². The fraction of sp³-hybridized carbons (Fsp3) is 0. The standard InChI is InChI=1S/CHN2O/c2-1-3-4/h2H. The zero-order valence-corrected chi connectivity index (χ0v) is 1.86. The van der Waals surface area contributed by atoms with Crippen molar-refractivity contribution in [3.05, 3.63) is 0 Å². The highest BCUT2D eigenvalue weighted by Gasteiger charge is 1.31. The van der Waals surface area contributed by atoms with Crippen LogP contribution in [0.15, 0.2) is 5.16 Å². The van der Waals surface area contributed by atoms with E-state index in [0.717, 1.165) is 0 Å². The van der Waals surface area contributed by atoms with Gasteiger partial charge in [-0.25, -0.2) is 5.41 Å². The molecule has 0 amide bonds. The Morgan fingerprint density at radius 1 is 2.00 bits per heavy atom. The highest BCUT2D eigenvalue weighted by Crippen LogP contribution is 1.31. The molecule has 0 saturated carbocycles. The summed E-state index contributed by atoms with van der Waals surface area (Å²) in [5, 5.41) is 16.2. The van der Waals surface area contributed by atoms with Crippen LogP contribution in [-0.2, 0) is 5.21 Å². The van der Waals surface area contributed by atoms with Crippen LogP contribution in [0.1, 0.15) is 0 Å². The van der Waals surface area contributed by atoms with E-state index >= 15 is 0 Å². The van der Waals surface area contributed by atoms with Gasteiger partial charge in [0.25, 0.3) is 0 Å². The number of hydrogen-bond donors (Lipinski definition) is 1. The van der Waals surface area contributed by atoms with Gasteiger partial charge in [0.2, 0.25) is 0 Å². The lowest BCUT2D eigenvalue weighted by molar-refractivity contribution is 0.211. The SMILES string of the molecule is N=C=N[O]. The molecule has 0 spiro atoms. The van der Waals surface area contributed by atoms with Gasteiger partial charge in [-0.3, -0.25) is 0 Å². The maximum atomic E-state index is 8.62. The Labute approximate surface area is 23.1 Å². The fourth-order valence-electron chi connectivity index (χ4n) is 0. The Kier molecular flexibility index (Phi) is 1.73. The predicted octanol–water partition coefficient (Wildman–Crippen LogP) is 0.0846.